The van der Waals surface area contributed by atoms with Crippen LogP contribution in [-0.4, -0.2) is 5.91 Å². The van der Waals surface area contributed by atoms with Gasteiger partial charge in [0.15, 0.2) is 0 Å². The molecule has 0 heterocycles. The Labute approximate surface area is 119 Å². The molecule has 0 aliphatic carbocycles. The van der Waals surface area contributed by atoms with E-state index < -0.39 is 0 Å². The molecule has 104 valence electrons. The molecule has 3 nitrogen and oxygen atoms in total. The summed E-state index contributed by atoms with van der Waals surface area (Å²) in [6.45, 7) is 4.02. The second-order valence-electron chi connectivity index (χ2n) is 4.74. The van der Waals surface area contributed by atoms with Crippen LogP contribution in [0, 0.1) is 6.92 Å². The molecule has 0 aliphatic heterocycles. The summed E-state index contributed by atoms with van der Waals surface area (Å²) in [5, 5.41) is 2.86. The normalized spacial score (nSPS) is 10.1. The molecule has 0 fully saturated rings. The number of aryl methyl sites for hydroxylation is 1. The van der Waals surface area contributed by atoms with Crippen molar-refractivity contribution in [2.75, 3.05) is 5.32 Å². The molecule has 2 rings (SSSR count). The summed E-state index contributed by atoms with van der Waals surface area (Å²) in [6.07, 6.45) is 1.37. The van der Waals surface area contributed by atoms with Gasteiger partial charge < -0.3 is 10.1 Å². The number of hydrogen-bond donors (Lipinski definition) is 1. The second kappa shape index (κ2) is 6.75. The van der Waals surface area contributed by atoms with E-state index >= 15 is 0 Å². The zero-order chi connectivity index (χ0) is 14.4. The Kier molecular flexibility index (Phi) is 4.77. The third-order valence-corrected chi connectivity index (χ3v) is 2.85. The number of benzene rings is 2. The Hall–Kier alpha value is -2.29. The monoisotopic (exact) mass is 269 g/mol. The molecular formula is C17H19NO2. The Bertz CT molecular complexity index is 576. The highest BCUT2D eigenvalue weighted by molar-refractivity contribution is 5.90. The van der Waals surface area contributed by atoms with E-state index in [2.05, 4.69) is 5.32 Å². The maximum atomic E-state index is 11.6. The number of rotatable bonds is 5. The summed E-state index contributed by atoms with van der Waals surface area (Å²) in [4.78, 5) is 11.6. The first-order valence-corrected chi connectivity index (χ1v) is 6.82. The van der Waals surface area contributed by atoms with Gasteiger partial charge in [-0.2, -0.15) is 0 Å². The molecule has 0 saturated carbocycles. The predicted octanol–water partition coefficient (Wildman–Crippen LogP) is 4.53. The van der Waals surface area contributed by atoms with Gasteiger partial charge in [0.05, 0.1) is 0 Å². The van der Waals surface area contributed by atoms with Crippen LogP contribution in [0.4, 0.5) is 5.69 Å². The maximum Gasteiger partial charge on any atom is 0.224 e. The van der Waals surface area contributed by atoms with Crippen LogP contribution in [0.25, 0.3) is 0 Å². The molecule has 0 atom stereocenters. The van der Waals surface area contributed by atoms with E-state index in [9.17, 15) is 4.79 Å². The van der Waals surface area contributed by atoms with Crippen molar-refractivity contribution >= 4 is 11.6 Å². The number of amides is 1. The van der Waals surface area contributed by atoms with E-state index in [0.29, 0.717) is 12.2 Å². The first kappa shape index (κ1) is 14.1. The minimum absolute atomic E-state index is 0.0278. The maximum absolute atomic E-state index is 11.6. The zero-order valence-electron chi connectivity index (χ0n) is 11.8. The van der Waals surface area contributed by atoms with Crippen LogP contribution in [0.1, 0.15) is 25.3 Å². The van der Waals surface area contributed by atoms with Gasteiger partial charge in [0, 0.05) is 18.2 Å². The molecule has 2 aromatic rings. The lowest BCUT2D eigenvalue weighted by Gasteiger charge is -2.09. The van der Waals surface area contributed by atoms with Crippen LogP contribution in [0.5, 0.6) is 11.5 Å². The van der Waals surface area contributed by atoms with E-state index in [-0.39, 0.29) is 5.91 Å². The Balaban J connectivity index is 2.05. The number of hydrogen-bond acceptors (Lipinski definition) is 2. The summed E-state index contributed by atoms with van der Waals surface area (Å²) >= 11 is 0. The van der Waals surface area contributed by atoms with E-state index in [1.807, 2.05) is 62.4 Å². The molecule has 2 aromatic carbocycles. The molecule has 0 bridgehead atoms. The van der Waals surface area contributed by atoms with Crippen molar-refractivity contribution < 1.29 is 9.53 Å². The van der Waals surface area contributed by atoms with Crippen molar-refractivity contribution in [1.29, 1.82) is 0 Å². The first-order chi connectivity index (χ1) is 9.67. The minimum atomic E-state index is 0.0278. The van der Waals surface area contributed by atoms with Gasteiger partial charge in [-0.25, -0.2) is 0 Å². The van der Waals surface area contributed by atoms with Gasteiger partial charge in [-0.05, 0) is 37.6 Å². The Morgan fingerprint density at radius 3 is 2.55 bits per heavy atom. The SMILES string of the molecule is CCCC(=O)Nc1cccc(Oc2ccc(C)cc2)c1. The highest BCUT2D eigenvalue weighted by atomic mass is 16.5. The van der Waals surface area contributed by atoms with Crippen LogP contribution in [0.15, 0.2) is 48.5 Å². The lowest BCUT2D eigenvalue weighted by molar-refractivity contribution is -0.116. The summed E-state index contributed by atoms with van der Waals surface area (Å²) in [5.41, 5.74) is 1.95. The average Bonchev–Trinajstić information content (AvgIpc) is 2.42. The highest BCUT2D eigenvalue weighted by Gasteiger charge is 2.03. The summed E-state index contributed by atoms with van der Waals surface area (Å²) in [5.74, 6) is 1.52. The number of nitrogens with one attached hydrogen (secondary N) is 1. The lowest BCUT2D eigenvalue weighted by atomic mass is 10.2. The van der Waals surface area contributed by atoms with E-state index in [0.717, 1.165) is 17.9 Å². The van der Waals surface area contributed by atoms with Gasteiger partial charge in [-0.3, -0.25) is 4.79 Å². The molecule has 0 unspecified atom stereocenters. The van der Waals surface area contributed by atoms with Crippen LogP contribution >= 0.6 is 0 Å². The molecule has 0 radical (unpaired) electrons. The zero-order valence-corrected chi connectivity index (χ0v) is 11.8. The van der Waals surface area contributed by atoms with Gasteiger partial charge >= 0.3 is 0 Å². The van der Waals surface area contributed by atoms with Crippen molar-refractivity contribution in [2.45, 2.75) is 26.7 Å². The molecule has 0 spiro atoms. The van der Waals surface area contributed by atoms with Crippen LogP contribution in [0.2, 0.25) is 0 Å². The van der Waals surface area contributed by atoms with Gasteiger partial charge in [-0.1, -0.05) is 30.7 Å². The fourth-order valence-corrected chi connectivity index (χ4v) is 1.83. The van der Waals surface area contributed by atoms with Crippen LogP contribution in [0.3, 0.4) is 0 Å². The standard InChI is InChI=1S/C17H19NO2/c1-3-5-17(19)18-14-6-4-7-16(12-14)20-15-10-8-13(2)9-11-15/h4,6-12H,3,5H2,1-2H3,(H,18,19). The van der Waals surface area contributed by atoms with Crippen LogP contribution < -0.4 is 10.1 Å². The summed E-state index contributed by atoms with van der Waals surface area (Å²) in [6, 6.07) is 15.3. The fourth-order valence-electron chi connectivity index (χ4n) is 1.83. The van der Waals surface area contributed by atoms with E-state index in [1.165, 1.54) is 5.56 Å². The molecule has 0 aliphatic rings. The lowest BCUT2D eigenvalue weighted by Crippen LogP contribution is -2.10. The van der Waals surface area contributed by atoms with Crippen molar-refractivity contribution in [3.63, 3.8) is 0 Å². The van der Waals surface area contributed by atoms with Crippen molar-refractivity contribution in [1.82, 2.24) is 0 Å². The Morgan fingerprint density at radius 2 is 1.85 bits per heavy atom. The van der Waals surface area contributed by atoms with Gasteiger partial charge in [0.1, 0.15) is 11.5 Å². The Morgan fingerprint density at radius 1 is 1.10 bits per heavy atom. The van der Waals surface area contributed by atoms with Gasteiger partial charge in [0.2, 0.25) is 5.91 Å². The largest absolute Gasteiger partial charge is 0.457 e. The molecule has 20 heavy (non-hydrogen) atoms. The quantitative estimate of drug-likeness (QED) is 0.866. The van der Waals surface area contributed by atoms with Crippen molar-refractivity contribution in [3.05, 3.63) is 54.1 Å². The highest BCUT2D eigenvalue weighted by Crippen LogP contribution is 2.24. The number of ether oxygens (including phenoxy) is 1. The molecule has 1 amide bonds. The average molecular weight is 269 g/mol. The second-order valence-corrected chi connectivity index (χ2v) is 4.74. The molecule has 0 aromatic heterocycles. The van der Waals surface area contributed by atoms with Crippen molar-refractivity contribution in [3.8, 4) is 11.5 Å². The molecule has 3 heteroatoms. The third-order valence-electron chi connectivity index (χ3n) is 2.85. The van der Waals surface area contributed by atoms with Gasteiger partial charge in [0.25, 0.3) is 0 Å². The van der Waals surface area contributed by atoms with Crippen LogP contribution in [-0.2, 0) is 4.79 Å². The summed E-state index contributed by atoms with van der Waals surface area (Å²) in [7, 11) is 0. The molecular weight excluding hydrogens is 250 g/mol. The first-order valence-electron chi connectivity index (χ1n) is 6.82. The minimum Gasteiger partial charge on any atom is -0.457 e. The van der Waals surface area contributed by atoms with Crippen molar-refractivity contribution in [2.24, 2.45) is 0 Å². The van der Waals surface area contributed by atoms with Gasteiger partial charge in [-0.15, -0.1) is 0 Å². The topological polar surface area (TPSA) is 38.3 Å². The molecule has 0 saturated heterocycles. The van der Waals surface area contributed by atoms with E-state index in [4.69, 9.17) is 4.74 Å². The molecule has 1 N–H and O–H groups in total. The third kappa shape index (κ3) is 4.12. The smallest absolute Gasteiger partial charge is 0.224 e. The number of carbonyl (C=O) groups excluding carboxylic acids is 1. The van der Waals surface area contributed by atoms with E-state index in [1.54, 1.807) is 0 Å². The fraction of sp³-hybridized carbons (Fsp3) is 0.235. The number of carbonyl (C=O) groups is 1. The summed E-state index contributed by atoms with van der Waals surface area (Å²) < 4.78 is 5.76. The predicted molar refractivity (Wildman–Crippen MR) is 81.2 cm³/mol. The number of anilines is 1.